The van der Waals surface area contributed by atoms with Crippen LogP contribution in [0.1, 0.15) is 45.2 Å². The normalized spacial score (nSPS) is 12.1. The van der Waals surface area contributed by atoms with Crippen molar-refractivity contribution in [3.05, 3.63) is 83.4 Å². The van der Waals surface area contributed by atoms with Gasteiger partial charge in [-0.2, -0.15) is 0 Å². The molecule has 0 amide bonds. The Kier molecular flexibility index (Phi) is 9.06. The van der Waals surface area contributed by atoms with E-state index in [1.807, 2.05) is 0 Å². The second-order valence-corrected chi connectivity index (χ2v) is 11.4. The third-order valence-electron chi connectivity index (χ3n) is 8.28. The van der Waals surface area contributed by atoms with E-state index in [1.165, 1.54) is 31.3 Å². The molecule has 15 heteroatoms. The van der Waals surface area contributed by atoms with Crippen LogP contribution >= 0.6 is 0 Å². The van der Waals surface area contributed by atoms with Crippen LogP contribution in [0, 0.1) is 0 Å². The number of carbonyl (C=O) groups is 4. The molecule has 6 aromatic rings. The van der Waals surface area contributed by atoms with Crippen LogP contribution in [0.15, 0.2) is 60.7 Å². The highest BCUT2D eigenvalue weighted by Gasteiger charge is 2.28. The van der Waals surface area contributed by atoms with Crippen LogP contribution in [0.2, 0.25) is 0 Å². The third kappa shape index (κ3) is 6.49. The molecule has 6 rings (SSSR count). The van der Waals surface area contributed by atoms with Crippen LogP contribution < -0.4 is 9.47 Å². The van der Waals surface area contributed by atoms with Gasteiger partial charge in [0.05, 0.1) is 36.6 Å². The SMILES string of the molecule is COc1cc(C(=O)O)nc2c1ccc1ccc(CN(Cc3ccc4ccc5c(OC)cc(C(=O)O)nc5c4n3)C(CCC(=O)O)C(=O)O)nc12. The molecule has 0 fully saturated rings. The second kappa shape index (κ2) is 13.6. The summed E-state index contributed by atoms with van der Waals surface area (Å²) < 4.78 is 10.8. The first kappa shape index (κ1) is 33.4. The standard InChI is InChI=1S/C35H29N5O10/c1-49-26-13-23(33(43)44)38-31-21(26)9-5-17-3-7-19(36-29(17)31)15-40(25(35(47)48)11-12-28(41)42)16-20-8-4-18-6-10-22-27(50-2)14-24(34(45)46)39-32(22)30(18)37-20/h3-10,13-14,25H,11-12,15-16H2,1-2H3,(H,41,42)(H,43,44)(H,45,46)(H,47,48). The number of benzene rings is 2. The van der Waals surface area contributed by atoms with Gasteiger partial charge in [0.2, 0.25) is 0 Å². The van der Waals surface area contributed by atoms with Crippen molar-refractivity contribution >= 4 is 67.5 Å². The molecule has 0 saturated carbocycles. The Labute approximate surface area is 282 Å². The molecule has 50 heavy (non-hydrogen) atoms. The number of fused-ring (bicyclic) bond motifs is 6. The summed E-state index contributed by atoms with van der Waals surface area (Å²) in [4.78, 5) is 67.5. The molecule has 0 spiro atoms. The minimum Gasteiger partial charge on any atom is -0.496 e. The summed E-state index contributed by atoms with van der Waals surface area (Å²) in [7, 11) is 2.83. The van der Waals surface area contributed by atoms with Crippen molar-refractivity contribution in [1.29, 1.82) is 0 Å². The average molecular weight is 680 g/mol. The van der Waals surface area contributed by atoms with E-state index in [0.29, 0.717) is 55.5 Å². The number of hydrogen-bond donors (Lipinski definition) is 4. The highest BCUT2D eigenvalue weighted by Crippen LogP contribution is 2.32. The number of hydrogen-bond acceptors (Lipinski definition) is 11. The highest BCUT2D eigenvalue weighted by molar-refractivity contribution is 6.07. The lowest BCUT2D eigenvalue weighted by molar-refractivity contribution is -0.145. The molecule has 0 bridgehead atoms. The van der Waals surface area contributed by atoms with Crippen LogP contribution in [0.4, 0.5) is 0 Å². The van der Waals surface area contributed by atoms with Gasteiger partial charge in [-0.15, -0.1) is 0 Å². The number of aliphatic carboxylic acids is 2. The first-order valence-corrected chi connectivity index (χ1v) is 15.2. The van der Waals surface area contributed by atoms with Gasteiger partial charge in [0, 0.05) is 53.2 Å². The topological polar surface area (TPSA) is 222 Å². The van der Waals surface area contributed by atoms with Crippen molar-refractivity contribution in [3.63, 3.8) is 0 Å². The Morgan fingerprint density at radius 2 is 1.08 bits per heavy atom. The smallest absolute Gasteiger partial charge is 0.354 e. The molecule has 0 aliphatic carbocycles. The van der Waals surface area contributed by atoms with Crippen molar-refractivity contribution in [2.45, 2.75) is 32.0 Å². The zero-order valence-corrected chi connectivity index (χ0v) is 26.7. The molecular weight excluding hydrogens is 650 g/mol. The maximum Gasteiger partial charge on any atom is 0.354 e. The predicted octanol–water partition coefficient (Wildman–Crippen LogP) is 4.61. The summed E-state index contributed by atoms with van der Waals surface area (Å²) in [5, 5.41) is 41.4. The molecule has 0 aliphatic rings. The summed E-state index contributed by atoms with van der Waals surface area (Å²) in [6.45, 7) is -0.133. The highest BCUT2D eigenvalue weighted by atomic mass is 16.5. The minimum absolute atomic E-state index is 0.0663. The van der Waals surface area contributed by atoms with Gasteiger partial charge < -0.3 is 29.9 Å². The van der Waals surface area contributed by atoms with Gasteiger partial charge >= 0.3 is 23.9 Å². The largest absolute Gasteiger partial charge is 0.496 e. The average Bonchev–Trinajstić information content (AvgIpc) is 3.09. The van der Waals surface area contributed by atoms with Gasteiger partial charge in [-0.1, -0.05) is 24.3 Å². The number of carboxylic acid groups (broad SMARTS) is 4. The summed E-state index contributed by atoms with van der Waals surface area (Å²) in [5.74, 6) is -4.34. The van der Waals surface area contributed by atoms with Crippen molar-refractivity contribution in [3.8, 4) is 11.5 Å². The molecule has 0 aliphatic heterocycles. The van der Waals surface area contributed by atoms with Crippen LogP contribution in [-0.4, -0.2) is 89.4 Å². The van der Waals surface area contributed by atoms with E-state index in [0.717, 1.165) is 0 Å². The van der Waals surface area contributed by atoms with Gasteiger partial charge in [0.25, 0.3) is 0 Å². The molecule has 2 aromatic carbocycles. The van der Waals surface area contributed by atoms with Gasteiger partial charge in [-0.05, 0) is 30.7 Å². The molecule has 254 valence electrons. The molecule has 15 nitrogen and oxygen atoms in total. The Morgan fingerprint density at radius 1 is 0.640 bits per heavy atom. The maximum absolute atomic E-state index is 12.6. The van der Waals surface area contributed by atoms with Crippen molar-refractivity contribution in [2.75, 3.05) is 14.2 Å². The molecule has 4 aromatic heterocycles. The molecular formula is C35H29N5O10. The molecule has 0 saturated heterocycles. The number of methoxy groups -OCH3 is 2. The lowest BCUT2D eigenvalue weighted by Gasteiger charge is -2.28. The summed E-state index contributed by atoms with van der Waals surface area (Å²) in [6.07, 6.45) is -0.637. The van der Waals surface area contributed by atoms with E-state index < -0.39 is 36.3 Å². The minimum atomic E-state index is -1.27. The predicted molar refractivity (Wildman–Crippen MR) is 179 cm³/mol. The molecule has 1 unspecified atom stereocenters. The third-order valence-corrected chi connectivity index (χ3v) is 8.28. The lowest BCUT2D eigenvalue weighted by atomic mass is 10.1. The molecule has 4 heterocycles. The van der Waals surface area contributed by atoms with Crippen LogP contribution in [0.3, 0.4) is 0 Å². The van der Waals surface area contributed by atoms with E-state index in [2.05, 4.69) is 9.97 Å². The Hall–Kier alpha value is -6.48. The van der Waals surface area contributed by atoms with Crippen molar-refractivity contribution in [1.82, 2.24) is 24.8 Å². The molecule has 0 radical (unpaired) electrons. The quantitative estimate of drug-likeness (QED) is 0.122. The van der Waals surface area contributed by atoms with Gasteiger partial charge in [-0.3, -0.25) is 14.5 Å². The summed E-state index contributed by atoms with van der Waals surface area (Å²) >= 11 is 0. The van der Waals surface area contributed by atoms with E-state index in [4.69, 9.17) is 19.4 Å². The number of aromatic nitrogens is 4. The van der Waals surface area contributed by atoms with E-state index in [9.17, 15) is 39.6 Å². The van der Waals surface area contributed by atoms with E-state index in [-0.39, 0.29) is 41.9 Å². The maximum atomic E-state index is 12.6. The van der Waals surface area contributed by atoms with Crippen molar-refractivity contribution < 1.29 is 49.1 Å². The fourth-order valence-electron chi connectivity index (χ4n) is 5.91. The van der Waals surface area contributed by atoms with Gasteiger partial charge in [-0.25, -0.2) is 29.5 Å². The first-order valence-electron chi connectivity index (χ1n) is 15.2. The Bertz CT molecular complexity index is 2220. The number of nitrogens with zero attached hydrogens (tertiary/aromatic N) is 5. The van der Waals surface area contributed by atoms with Gasteiger partial charge in [0.1, 0.15) is 28.6 Å². The first-order chi connectivity index (χ1) is 24.0. The Balaban J connectivity index is 1.46. The molecule has 1 atom stereocenters. The zero-order chi connectivity index (χ0) is 35.7. The van der Waals surface area contributed by atoms with Crippen molar-refractivity contribution in [2.24, 2.45) is 0 Å². The number of aromatic carboxylic acids is 2. The lowest BCUT2D eigenvalue weighted by Crippen LogP contribution is -2.41. The fraction of sp³-hybridized carbons (Fsp3) is 0.200. The zero-order valence-electron chi connectivity index (χ0n) is 26.7. The number of pyridine rings is 4. The second-order valence-electron chi connectivity index (χ2n) is 11.4. The van der Waals surface area contributed by atoms with Gasteiger partial charge in [0.15, 0.2) is 11.4 Å². The monoisotopic (exact) mass is 679 g/mol. The summed E-state index contributed by atoms with van der Waals surface area (Å²) in [6, 6.07) is 15.3. The van der Waals surface area contributed by atoms with E-state index >= 15 is 0 Å². The van der Waals surface area contributed by atoms with E-state index in [1.54, 1.807) is 48.5 Å². The van der Waals surface area contributed by atoms with Crippen LogP contribution in [0.25, 0.3) is 43.6 Å². The fourth-order valence-corrected chi connectivity index (χ4v) is 5.91. The van der Waals surface area contributed by atoms with Crippen LogP contribution in [-0.2, 0) is 22.7 Å². The molecule has 4 N–H and O–H groups in total. The summed E-state index contributed by atoms with van der Waals surface area (Å²) in [5.41, 5.74) is 1.60. The Morgan fingerprint density at radius 3 is 1.46 bits per heavy atom. The number of ether oxygens (including phenoxy) is 2. The number of rotatable bonds is 13. The number of carboxylic acids is 4. The van der Waals surface area contributed by atoms with Crippen LogP contribution in [0.5, 0.6) is 11.5 Å².